The molecule has 168 valence electrons. The number of benzene rings is 2. The Morgan fingerprint density at radius 3 is 2.73 bits per heavy atom. The number of allylic oxidation sites excluding steroid dienone is 1. The lowest BCUT2D eigenvalue weighted by Gasteiger charge is -2.07. The maximum atomic E-state index is 12.5. The van der Waals surface area contributed by atoms with Crippen LogP contribution in [0, 0.1) is 0 Å². The third-order valence-corrected chi connectivity index (χ3v) is 6.82. The molecule has 4 aromatic rings. The number of hydrogen-bond acceptors (Lipinski definition) is 6. The molecule has 0 bridgehead atoms. The molecule has 0 fully saturated rings. The number of carbonyl (C=O) groups excluding carboxylic acids is 1. The minimum atomic E-state index is -0.138. The number of hydrogen-bond donors (Lipinski definition) is 1. The average molecular weight is 496 g/mol. The molecule has 2 aromatic carbocycles. The lowest BCUT2D eigenvalue weighted by Crippen LogP contribution is -2.14. The summed E-state index contributed by atoms with van der Waals surface area (Å²) in [5.41, 5.74) is 2.26. The van der Waals surface area contributed by atoms with Crippen molar-refractivity contribution >= 4 is 45.7 Å². The molecule has 0 atom stereocenters. The lowest BCUT2D eigenvalue weighted by atomic mass is 10.1. The molecule has 0 spiro atoms. The van der Waals surface area contributed by atoms with Crippen LogP contribution in [0.4, 0.5) is 5.13 Å². The van der Waals surface area contributed by atoms with Gasteiger partial charge in [0, 0.05) is 35.5 Å². The second-order valence-electron chi connectivity index (χ2n) is 7.24. The number of anilines is 1. The minimum absolute atomic E-state index is 0.138. The molecule has 0 aliphatic carbocycles. The van der Waals surface area contributed by atoms with Crippen molar-refractivity contribution in [2.45, 2.75) is 24.5 Å². The molecule has 1 amide bonds. The fourth-order valence-corrected chi connectivity index (χ4v) is 5.07. The first-order chi connectivity index (χ1) is 16.1. The predicted molar refractivity (Wildman–Crippen MR) is 135 cm³/mol. The maximum absolute atomic E-state index is 12.5. The first-order valence-electron chi connectivity index (χ1n) is 10.3. The van der Waals surface area contributed by atoms with Gasteiger partial charge in [-0.3, -0.25) is 4.79 Å². The average Bonchev–Trinajstić information content (AvgIpc) is 3.40. The van der Waals surface area contributed by atoms with Gasteiger partial charge >= 0.3 is 0 Å². The Kier molecular flexibility index (Phi) is 7.93. The molecule has 6 nitrogen and oxygen atoms in total. The Labute approximate surface area is 205 Å². The van der Waals surface area contributed by atoms with Crippen LogP contribution in [0.2, 0.25) is 5.02 Å². The van der Waals surface area contributed by atoms with Crippen molar-refractivity contribution in [3.63, 3.8) is 0 Å². The normalized spacial score (nSPS) is 10.8. The number of amides is 1. The van der Waals surface area contributed by atoms with Crippen LogP contribution in [0.5, 0.6) is 0 Å². The zero-order valence-electron chi connectivity index (χ0n) is 17.8. The van der Waals surface area contributed by atoms with Gasteiger partial charge in [0.05, 0.1) is 5.75 Å². The molecular formula is C24H22ClN5OS2. The summed E-state index contributed by atoms with van der Waals surface area (Å²) in [5.74, 6) is 0.917. The number of carbonyl (C=O) groups is 1. The van der Waals surface area contributed by atoms with E-state index in [0.29, 0.717) is 28.3 Å². The van der Waals surface area contributed by atoms with E-state index in [1.165, 1.54) is 23.1 Å². The molecule has 2 aromatic heterocycles. The zero-order chi connectivity index (χ0) is 23.0. The Morgan fingerprint density at radius 2 is 1.94 bits per heavy atom. The smallest absolute Gasteiger partial charge is 0.236 e. The van der Waals surface area contributed by atoms with Gasteiger partial charge in [0.25, 0.3) is 0 Å². The molecule has 0 radical (unpaired) electrons. The fraction of sp³-hybridized carbons (Fsp3) is 0.167. The summed E-state index contributed by atoms with van der Waals surface area (Å²) in [6.07, 6.45) is 4.98. The van der Waals surface area contributed by atoms with Crippen molar-refractivity contribution in [2.75, 3.05) is 11.1 Å². The highest BCUT2D eigenvalue weighted by atomic mass is 35.5. The molecule has 2 heterocycles. The van der Waals surface area contributed by atoms with Crippen molar-refractivity contribution in [1.29, 1.82) is 0 Å². The van der Waals surface area contributed by atoms with Gasteiger partial charge in [-0.15, -0.1) is 28.1 Å². The molecule has 4 rings (SSSR count). The summed E-state index contributed by atoms with van der Waals surface area (Å²) >= 11 is 8.86. The quantitative estimate of drug-likeness (QED) is 0.233. The summed E-state index contributed by atoms with van der Waals surface area (Å²) in [4.78, 5) is 17.9. The third-order valence-electron chi connectivity index (χ3n) is 4.71. The van der Waals surface area contributed by atoms with E-state index in [4.69, 9.17) is 11.6 Å². The van der Waals surface area contributed by atoms with Gasteiger partial charge in [-0.2, -0.15) is 0 Å². The Bertz CT molecular complexity index is 1240. The Balaban J connectivity index is 1.34. The SMILES string of the molecule is C=CCn1c(Cc2ccccc2)nnc1SCC(=O)Nc1ncc(Cc2cccc(Cl)c2)s1. The minimum Gasteiger partial charge on any atom is -0.302 e. The Hall–Kier alpha value is -2.94. The number of nitrogens with zero attached hydrogens (tertiary/aromatic N) is 4. The van der Waals surface area contributed by atoms with E-state index in [0.717, 1.165) is 28.2 Å². The summed E-state index contributed by atoms with van der Waals surface area (Å²) in [7, 11) is 0. The van der Waals surface area contributed by atoms with Gasteiger partial charge in [-0.25, -0.2) is 4.98 Å². The zero-order valence-corrected chi connectivity index (χ0v) is 20.2. The van der Waals surface area contributed by atoms with E-state index >= 15 is 0 Å². The van der Waals surface area contributed by atoms with Crippen LogP contribution < -0.4 is 5.32 Å². The molecule has 0 saturated carbocycles. The summed E-state index contributed by atoms with van der Waals surface area (Å²) < 4.78 is 1.99. The highest BCUT2D eigenvalue weighted by molar-refractivity contribution is 7.99. The van der Waals surface area contributed by atoms with Crippen LogP contribution >= 0.6 is 34.7 Å². The van der Waals surface area contributed by atoms with Crippen LogP contribution in [0.1, 0.15) is 21.8 Å². The van der Waals surface area contributed by atoms with Gasteiger partial charge in [-0.05, 0) is 23.3 Å². The first-order valence-corrected chi connectivity index (χ1v) is 12.5. The van der Waals surface area contributed by atoms with Gasteiger partial charge in [0.1, 0.15) is 5.82 Å². The number of halogens is 1. The van der Waals surface area contributed by atoms with Crippen molar-refractivity contribution in [2.24, 2.45) is 0 Å². The number of thiazole rings is 1. The van der Waals surface area contributed by atoms with Gasteiger partial charge in [0.15, 0.2) is 10.3 Å². The van der Waals surface area contributed by atoms with E-state index in [1.54, 1.807) is 12.3 Å². The molecular weight excluding hydrogens is 474 g/mol. The van der Waals surface area contributed by atoms with Crippen LogP contribution in [-0.4, -0.2) is 31.4 Å². The van der Waals surface area contributed by atoms with E-state index in [1.807, 2.05) is 47.0 Å². The molecule has 0 aliphatic heterocycles. The van der Waals surface area contributed by atoms with Gasteiger partial charge in [-0.1, -0.05) is 71.9 Å². The molecule has 1 N–H and O–H groups in total. The third kappa shape index (κ3) is 6.54. The number of thioether (sulfide) groups is 1. The highest BCUT2D eigenvalue weighted by Gasteiger charge is 2.15. The fourth-order valence-electron chi connectivity index (χ4n) is 3.23. The second kappa shape index (κ2) is 11.3. The van der Waals surface area contributed by atoms with Crippen LogP contribution in [0.25, 0.3) is 0 Å². The Morgan fingerprint density at radius 1 is 1.12 bits per heavy atom. The molecule has 0 saturated heterocycles. The molecule has 9 heteroatoms. The van der Waals surface area contributed by atoms with Crippen molar-refractivity contribution in [3.05, 3.63) is 100 Å². The van der Waals surface area contributed by atoms with Crippen molar-refractivity contribution in [1.82, 2.24) is 19.7 Å². The number of rotatable bonds is 10. The summed E-state index contributed by atoms with van der Waals surface area (Å²) in [6.45, 7) is 4.42. The van der Waals surface area contributed by atoms with Crippen LogP contribution in [0.15, 0.2) is 78.6 Å². The maximum Gasteiger partial charge on any atom is 0.236 e. The number of aromatic nitrogens is 4. The monoisotopic (exact) mass is 495 g/mol. The largest absolute Gasteiger partial charge is 0.302 e. The van der Waals surface area contributed by atoms with Crippen molar-refractivity contribution in [3.8, 4) is 0 Å². The molecule has 0 aliphatic rings. The predicted octanol–water partition coefficient (Wildman–Crippen LogP) is 5.49. The highest BCUT2D eigenvalue weighted by Crippen LogP contribution is 2.24. The standard InChI is InChI=1S/C24H22ClN5OS2/c1-2-11-30-21(14-17-7-4-3-5-8-17)28-29-24(30)32-16-22(31)27-23-26-15-20(33-23)13-18-9-6-10-19(25)12-18/h2-10,12,15H,1,11,13-14,16H2,(H,26,27,31). The van der Waals surface area contributed by atoms with Crippen LogP contribution in [-0.2, 0) is 24.2 Å². The van der Waals surface area contributed by atoms with Gasteiger partial charge < -0.3 is 9.88 Å². The molecule has 33 heavy (non-hydrogen) atoms. The first kappa shape index (κ1) is 23.2. The summed E-state index contributed by atoms with van der Waals surface area (Å²) in [6, 6.07) is 17.8. The van der Waals surface area contributed by atoms with E-state index in [-0.39, 0.29) is 11.7 Å². The lowest BCUT2D eigenvalue weighted by molar-refractivity contribution is -0.113. The van der Waals surface area contributed by atoms with Gasteiger partial charge in [0.2, 0.25) is 5.91 Å². The van der Waals surface area contributed by atoms with E-state index < -0.39 is 0 Å². The van der Waals surface area contributed by atoms with Crippen LogP contribution in [0.3, 0.4) is 0 Å². The summed E-state index contributed by atoms with van der Waals surface area (Å²) in [5, 5.41) is 13.5. The number of nitrogens with one attached hydrogen (secondary N) is 1. The van der Waals surface area contributed by atoms with E-state index in [9.17, 15) is 4.79 Å². The molecule has 0 unspecified atom stereocenters. The van der Waals surface area contributed by atoms with Crippen molar-refractivity contribution < 1.29 is 4.79 Å². The second-order valence-corrected chi connectivity index (χ2v) is 9.73. The topological polar surface area (TPSA) is 72.7 Å². The van der Waals surface area contributed by atoms with E-state index in [2.05, 4.69) is 39.2 Å².